The van der Waals surface area contributed by atoms with Crippen LogP contribution < -0.4 is 5.32 Å². The molecule has 0 radical (unpaired) electrons. The van der Waals surface area contributed by atoms with Gasteiger partial charge in [-0.05, 0) is 30.6 Å². The molecule has 2 aliphatic rings. The van der Waals surface area contributed by atoms with Gasteiger partial charge in [-0.15, -0.1) is 0 Å². The van der Waals surface area contributed by atoms with Gasteiger partial charge in [0.05, 0.1) is 5.75 Å². The molecule has 4 heteroatoms. The number of rotatable bonds is 2. The molecule has 1 aliphatic heterocycles. The summed E-state index contributed by atoms with van der Waals surface area (Å²) in [7, 11) is -2.93. The molecule has 1 aliphatic carbocycles. The fourth-order valence-corrected chi connectivity index (χ4v) is 4.40. The Balaban J connectivity index is 1.91. The third-order valence-corrected chi connectivity index (χ3v) is 5.45. The van der Waals surface area contributed by atoms with E-state index in [4.69, 9.17) is 0 Å². The molecule has 0 aromatic heterocycles. The molecular weight excluding hydrogens is 234 g/mol. The van der Waals surface area contributed by atoms with Crippen molar-refractivity contribution in [2.24, 2.45) is 11.3 Å². The van der Waals surface area contributed by atoms with E-state index in [2.05, 4.69) is 26.1 Å². The molecule has 98 valence electrons. The highest BCUT2D eigenvalue weighted by atomic mass is 32.2. The van der Waals surface area contributed by atoms with E-state index in [-0.39, 0.29) is 11.8 Å². The summed E-state index contributed by atoms with van der Waals surface area (Å²) < 4.78 is 22.7. The maximum atomic E-state index is 11.3. The van der Waals surface area contributed by atoms with Gasteiger partial charge >= 0.3 is 0 Å². The number of nitrogens with one attached hydrogen (secondary N) is 1. The van der Waals surface area contributed by atoms with Crippen LogP contribution in [0.3, 0.4) is 0 Å². The Morgan fingerprint density at radius 1 is 1.35 bits per heavy atom. The van der Waals surface area contributed by atoms with Gasteiger partial charge in [0, 0.05) is 17.5 Å². The first-order valence-electron chi connectivity index (χ1n) is 6.44. The molecule has 0 aromatic carbocycles. The monoisotopic (exact) mass is 257 g/mol. The second kappa shape index (κ2) is 4.39. The summed E-state index contributed by atoms with van der Waals surface area (Å²) in [4.78, 5) is 0. The fraction of sp³-hybridized carbons (Fsp3) is 0.846. The Labute approximate surface area is 105 Å². The minimum atomic E-state index is -2.93. The second-order valence-corrected chi connectivity index (χ2v) is 8.35. The highest BCUT2D eigenvalue weighted by Gasteiger charge is 2.34. The molecule has 1 N–H and O–H groups in total. The van der Waals surface area contributed by atoms with Crippen molar-refractivity contribution in [2.45, 2.75) is 52.1 Å². The van der Waals surface area contributed by atoms with Gasteiger partial charge < -0.3 is 5.32 Å². The quantitative estimate of drug-likeness (QED) is 0.824. The summed E-state index contributed by atoms with van der Waals surface area (Å²) in [6.45, 7) is 6.91. The summed E-state index contributed by atoms with van der Waals surface area (Å²) >= 11 is 0. The Kier molecular flexibility index (Phi) is 3.38. The molecule has 0 aromatic rings. The highest BCUT2D eigenvalue weighted by Crippen LogP contribution is 2.38. The van der Waals surface area contributed by atoms with E-state index >= 15 is 0 Å². The lowest BCUT2D eigenvalue weighted by atomic mass is 9.70. The van der Waals surface area contributed by atoms with Gasteiger partial charge in [0.25, 0.3) is 0 Å². The number of sulfone groups is 1. The minimum Gasteiger partial charge on any atom is -0.306 e. The maximum absolute atomic E-state index is 11.3. The average Bonchev–Trinajstić information content (AvgIpc) is 2.50. The van der Waals surface area contributed by atoms with Crippen molar-refractivity contribution < 1.29 is 8.42 Å². The van der Waals surface area contributed by atoms with Crippen molar-refractivity contribution in [1.29, 1.82) is 0 Å². The van der Waals surface area contributed by atoms with E-state index < -0.39 is 9.84 Å². The van der Waals surface area contributed by atoms with Crippen molar-refractivity contribution in [3.63, 3.8) is 0 Å². The predicted molar refractivity (Wildman–Crippen MR) is 70.4 cm³/mol. The zero-order chi connectivity index (χ0) is 12.7. The van der Waals surface area contributed by atoms with Crippen molar-refractivity contribution in [1.82, 2.24) is 5.32 Å². The zero-order valence-electron chi connectivity index (χ0n) is 10.9. The molecule has 1 heterocycles. The molecule has 2 rings (SSSR count). The Bertz CT molecular complexity index is 411. The lowest BCUT2D eigenvalue weighted by Gasteiger charge is -2.40. The van der Waals surface area contributed by atoms with Crippen molar-refractivity contribution in [3.05, 3.63) is 11.5 Å². The first kappa shape index (κ1) is 13.1. The topological polar surface area (TPSA) is 46.2 Å². The van der Waals surface area contributed by atoms with Crippen LogP contribution in [0.1, 0.15) is 40.0 Å². The second-order valence-electron chi connectivity index (χ2n) is 6.42. The summed E-state index contributed by atoms with van der Waals surface area (Å²) in [6, 6.07) is 0.486. The standard InChI is InChI=1S/C13H23NO2S/c1-10-8-13(2,3)6-4-12(10)14-11-5-7-17(15,16)9-11/h5,7,10-12,14H,4,6,8-9H2,1-3H3. The Morgan fingerprint density at radius 3 is 2.59 bits per heavy atom. The van der Waals surface area contributed by atoms with Gasteiger partial charge in [0.1, 0.15) is 0 Å². The van der Waals surface area contributed by atoms with Crippen LogP contribution in [0.5, 0.6) is 0 Å². The van der Waals surface area contributed by atoms with Crippen LogP contribution in [0.4, 0.5) is 0 Å². The molecule has 0 bridgehead atoms. The molecule has 3 nitrogen and oxygen atoms in total. The van der Waals surface area contributed by atoms with E-state index in [1.54, 1.807) is 6.08 Å². The molecule has 0 saturated heterocycles. The van der Waals surface area contributed by atoms with E-state index in [0.29, 0.717) is 17.4 Å². The number of hydrogen-bond acceptors (Lipinski definition) is 3. The van der Waals surface area contributed by atoms with Crippen LogP contribution in [0, 0.1) is 11.3 Å². The third kappa shape index (κ3) is 3.32. The lowest BCUT2D eigenvalue weighted by Crippen LogP contribution is -2.46. The van der Waals surface area contributed by atoms with Crippen molar-refractivity contribution in [2.75, 3.05) is 5.75 Å². The van der Waals surface area contributed by atoms with Crippen LogP contribution in [-0.2, 0) is 9.84 Å². The van der Waals surface area contributed by atoms with Crippen molar-refractivity contribution >= 4 is 9.84 Å². The van der Waals surface area contributed by atoms with Crippen LogP contribution in [0.15, 0.2) is 11.5 Å². The molecule has 0 spiro atoms. The van der Waals surface area contributed by atoms with Crippen molar-refractivity contribution in [3.8, 4) is 0 Å². The molecular formula is C13H23NO2S. The smallest absolute Gasteiger partial charge is 0.173 e. The SMILES string of the molecule is CC1CC(C)(C)CCC1NC1C=CS(=O)(=O)C1. The molecule has 1 saturated carbocycles. The average molecular weight is 257 g/mol. The van der Waals surface area contributed by atoms with Crippen LogP contribution in [-0.4, -0.2) is 26.3 Å². The van der Waals surface area contributed by atoms with E-state index in [9.17, 15) is 8.42 Å². The summed E-state index contributed by atoms with van der Waals surface area (Å²) in [5.41, 5.74) is 0.440. The van der Waals surface area contributed by atoms with Gasteiger partial charge in [-0.3, -0.25) is 0 Å². The van der Waals surface area contributed by atoms with Gasteiger partial charge in [-0.25, -0.2) is 8.42 Å². The van der Waals surface area contributed by atoms with Crippen LogP contribution >= 0.6 is 0 Å². The van der Waals surface area contributed by atoms with Crippen LogP contribution in [0.25, 0.3) is 0 Å². The van der Waals surface area contributed by atoms with E-state index in [1.807, 2.05) is 0 Å². The number of hydrogen-bond donors (Lipinski definition) is 1. The first-order chi connectivity index (χ1) is 7.77. The normalized spacial score (nSPS) is 39.4. The largest absolute Gasteiger partial charge is 0.306 e. The molecule has 17 heavy (non-hydrogen) atoms. The first-order valence-corrected chi connectivity index (χ1v) is 8.16. The Morgan fingerprint density at radius 2 is 2.06 bits per heavy atom. The van der Waals surface area contributed by atoms with E-state index in [1.165, 1.54) is 18.2 Å². The summed E-state index contributed by atoms with van der Waals surface area (Å²) in [5, 5.41) is 4.84. The minimum absolute atomic E-state index is 0.0219. The van der Waals surface area contributed by atoms with Gasteiger partial charge in [-0.2, -0.15) is 0 Å². The third-order valence-electron chi connectivity index (χ3n) is 4.05. The van der Waals surface area contributed by atoms with Gasteiger partial charge in [0.15, 0.2) is 9.84 Å². The molecule has 3 atom stereocenters. The molecule has 3 unspecified atom stereocenters. The predicted octanol–water partition coefficient (Wildman–Crippen LogP) is 2.10. The van der Waals surface area contributed by atoms with Gasteiger partial charge in [-0.1, -0.05) is 26.8 Å². The highest BCUT2D eigenvalue weighted by molar-refractivity contribution is 7.94. The summed E-state index contributed by atoms with van der Waals surface area (Å²) in [6.07, 6.45) is 5.38. The fourth-order valence-electron chi connectivity index (χ4n) is 3.15. The Hall–Kier alpha value is -0.350. The molecule has 0 amide bonds. The molecule has 1 fully saturated rings. The lowest BCUT2D eigenvalue weighted by molar-refractivity contribution is 0.146. The zero-order valence-corrected chi connectivity index (χ0v) is 11.8. The van der Waals surface area contributed by atoms with Gasteiger partial charge in [0.2, 0.25) is 0 Å². The van der Waals surface area contributed by atoms with E-state index in [0.717, 1.165) is 6.42 Å². The van der Waals surface area contributed by atoms with Crippen LogP contribution in [0.2, 0.25) is 0 Å². The maximum Gasteiger partial charge on any atom is 0.173 e. The summed E-state index contributed by atoms with van der Waals surface area (Å²) in [5.74, 6) is 0.857.